The van der Waals surface area contributed by atoms with E-state index >= 15 is 0 Å². The summed E-state index contributed by atoms with van der Waals surface area (Å²) in [4.78, 5) is 0. The summed E-state index contributed by atoms with van der Waals surface area (Å²) in [5.74, 6) is 0.991. The van der Waals surface area contributed by atoms with E-state index in [2.05, 4.69) is 0 Å². The Morgan fingerprint density at radius 1 is 0.488 bits per heavy atom. The molecule has 212 valence electrons. The van der Waals surface area contributed by atoms with Crippen LogP contribution in [0, 0.1) is 0 Å². The number of hydrogen-bond donors (Lipinski definition) is 0. The molecule has 41 heavy (non-hydrogen) atoms. The summed E-state index contributed by atoms with van der Waals surface area (Å²) >= 11 is 0. The van der Waals surface area contributed by atoms with Gasteiger partial charge in [-0.25, -0.2) is 0 Å². The number of alkyl halides is 6. The molecule has 4 aromatic rings. The molecular formula is C33H26F6O2. The van der Waals surface area contributed by atoms with Gasteiger partial charge in [0.1, 0.15) is 23.0 Å². The monoisotopic (exact) mass is 568 g/mol. The first-order valence-corrected chi connectivity index (χ1v) is 12.6. The molecule has 4 aromatic carbocycles. The van der Waals surface area contributed by atoms with Crippen molar-refractivity contribution >= 4 is 12.2 Å². The first kappa shape index (κ1) is 29.5. The third-order valence-corrected chi connectivity index (χ3v) is 6.41. The lowest BCUT2D eigenvalue weighted by Crippen LogP contribution is -2.54. The van der Waals surface area contributed by atoms with E-state index < -0.39 is 28.9 Å². The van der Waals surface area contributed by atoms with Crippen molar-refractivity contribution in [1.29, 1.82) is 0 Å². The van der Waals surface area contributed by atoms with Crippen LogP contribution in [0.3, 0.4) is 0 Å². The van der Waals surface area contributed by atoms with E-state index in [9.17, 15) is 26.3 Å². The average Bonchev–Trinajstić information content (AvgIpc) is 2.92. The van der Waals surface area contributed by atoms with Gasteiger partial charge in [-0.3, -0.25) is 0 Å². The molecule has 4 rings (SSSR count). The number of benzene rings is 4. The zero-order valence-corrected chi connectivity index (χ0v) is 22.1. The molecule has 0 N–H and O–H groups in total. The van der Waals surface area contributed by atoms with Gasteiger partial charge in [0.25, 0.3) is 0 Å². The fourth-order valence-corrected chi connectivity index (χ4v) is 4.56. The second-order valence-corrected chi connectivity index (χ2v) is 9.07. The quantitative estimate of drug-likeness (QED) is 0.197. The molecule has 0 spiro atoms. The third-order valence-electron chi connectivity index (χ3n) is 6.41. The molecule has 0 radical (unpaired) electrons. The third kappa shape index (κ3) is 6.01. The number of para-hydroxylation sites is 2. The van der Waals surface area contributed by atoms with Crippen LogP contribution in [-0.2, 0) is 5.41 Å². The minimum Gasteiger partial charge on any atom is -0.457 e. The van der Waals surface area contributed by atoms with E-state index in [0.29, 0.717) is 22.6 Å². The van der Waals surface area contributed by atoms with Crippen molar-refractivity contribution in [3.05, 3.63) is 131 Å². The summed E-state index contributed by atoms with van der Waals surface area (Å²) in [6.07, 6.45) is -4.32. The zero-order valence-electron chi connectivity index (χ0n) is 22.1. The van der Waals surface area contributed by atoms with Crippen molar-refractivity contribution in [2.24, 2.45) is 0 Å². The molecule has 0 aliphatic heterocycles. The van der Waals surface area contributed by atoms with Gasteiger partial charge in [-0.15, -0.1) is 0 Å². The van der Waals surface area contributed by atoms with Crippen molar-refractivity contribution in [3.8, 4) is 23.0 Å². The Morgan fingerprint density at radius 3 is 1.15 bits per heavy atom. The number of halogens is 6. The van der Waals surface area contributed by atoms with Gasteiger partial charge in [-0.05, 0) is 61.4 Å². The van der Waals surface area contributed by atoms with Crippen LogP contribution < -0.4 is 9.47 Å². The number of allylic oxidation sites excluding steroid dienone is 2. The van der Waals surface area contributed by atoms with Crippen LogP contribution >= 0.6 is 0 Å². The lowest BCUT2D eigenvalue weighted by Gasteiger charge is -2.38. The fraction of sp³-hybridized carbons (Fsp3) is 0.152. The highest BCUT2D eigenvalue weighted by atomic mass is 19.4. The summed E-state index contributed by atoms with van der Waals surface area (Å²) in [5.41, 5.74) is -4.86. The standard InChI is InChI=1S/C33H26F6O2/c1-3-9-23-11-5-7-13-29(23)40-27-19-15-25(16-20-27)31(32(34,35)36,33(37,38)39)26-17-21-28(22-18-26)41-30-14-8-6-12-24(30)10-4-2/h3-22H,1-2H3/b9-3-,10-4-. The van der Waals surface area contributed by atoms with E-state index in [1.165, 1.54) is 0 Å². The van der Waals surface area contributed by atoms with Gasteiger partial charge in [0.05, 0.1) is 0 Å². The minimum absolute atomic E-state index is 0.0903. The molecule has 0 aliphatic carbocycles. The van der Waals surface area contributed by atoms with Crippen LogP contribution in [-0.4, -0.2) is 12.4 Å². The van der Waals surface area contributed by atoms with Crippen LogP contribution in [0.15, 0.2) is 109 Å². The lowest BCUT2D eigenvalue weighted by atomic mass is 9.73. The molecule has 0 atom stereocenters. The van der Waals surface area contributed by atoms with Crippen molar-refractivity contribution in [3.63, 3.8) is 0 Å². The topological polar surface area (TPSA) is 18.5 Å². The Bertz CT molecular complexity index is 1400. The Balaban J connectivity index is 1.73. The second kappa shape index (κ2) is 12.0. The molecule has 0 amide bonds. The second-order valence-electron chi connectivity index (χ2n) is 9.07. The maximum absolute atomic E-state index is 14.6. The molecule has 0 bridgehead atoms. The summed E-state index contributed by atoms with van der Waals surface area (Å²) < 4.78 is 99.2. The first-order chi connectivity index (χ1) is 19.5. The van der Waals surface area contributed by atoms with Gasteiger partial charge in [-0.1, -0.05) is 85.0 Å². The molecule has 0 aliphatic rings. The molecule has 0 unspecified atom stereocenters. The first-order valence-electron chi connectivity index (χ1n) is 12.6. The van der Waals surface area contributed by atoms with Gasteiger partial charge in [0.15, 0.2) is 0 Å². The van der Waals surface area contributed by atoms with Crippen LogP contribution in [0.4, 0.5) is 26.3 Å². The highest BCUT2D eigenvalue weighted by molar-refractivity contribution is 5.59. The van der Waals surface area contributed by atoms with Crippen LogP contribution in [0.1, 0.15) is 36.1 Å². The molecule has 8 heteroatoms. The summed E-state index contributed by atoms with van der Waals surface area (Å²) in [5, 5.41) is 0. The van der Waals surface area contributed by atoms with Gasteiger partial charge < -0.3 is 9.47 Å². The smallest absolute Gasteiger partial charge is 0.411 e. The molecule has 0 saturated carbocycles. The van der Waals surface area contributed by atoms with E-state index in [1.807, 2.05) is 0 Å². The number of rotatable bonds is 8. The lowest BCUT2D eigenvalue weighted by molar-refractivity contribution is -0.288. The normalized spacial score (nSPS) is 12.7. The van der Waals surface area contributed by atoms with E-state index in [4.69, 9.17) is 9.47 Å². The fourth-order valence-electron chi connectivity index (χ4n) is 4.56. The van der Waals surface area contributed by atoms with Crippen LogP contribution in [0.2, 0.25) is 0 Å². The highest BCUT2D eigenvalue weighted by Crippen LogP contribution is 2.56. The molecule has 0 aromatic heterocycles. The number of hydrogen-bond acceptors (Lipinski definition) is 2. The van der Waals surface area contributed by atoms with Gasteiger partial charge in [-0.2, -0.15) is 26.3 Å². The number of ether oxygens (including phenoxy) is 2. The van der Waals surface area contributed by atoms with Crippen molar-refractivity contribution < 1.29 is 35.8 Å². The summed E-state index contributed by atoms with van der Waals surface area (Å²) in [6, 6.07) is 21.4. The van der Waals surface area contributed by atoms with Crippen molar-refractivity contribution in [2.45, 2.75) is 31.6 Å². The van der Waals surface area contributed by atoms with E-state index in [0.717, 1.165) is 48.5 Å². The summed E-state index contributed by atoms with van der Waals surface area (Å²) in [7, 11) is 0. The predicted octanol–water partition coefficient (Wildman–Crippen LogP) is 10.7. The summed E-state index contributed by atoms with van der Waals surface area (Å²) in [6.45, 7) is 3.61. The molecule has 2 nitrogen and oxygen atoms in total. The van der Waals surface area contributed by atoms with Gasteiger partial charge >= 0.3 is 12.4 Å². The Labute approximate surface area is 234 Å². The van der Waals surface area contributed by atoms with Crippen LogP contribution in [0.5, 0.6) is 23.0 Å². The molecule has 0 heterocycles. The molecular weight excluding hydrogens is 542 g/mol. The average molecular weight is 569 g/mol. The largest absolute Gasteiger partial charge is 0.457 e. The van der Waals surface area contributed by atoms with E-state index in [-0.39, 0.29) is 11.5 Å². The predicted molar refractivity (Wildman–Crippen MR) is 148 cm³/mol. The molecule has 0 saturated heterocycles. The Morgan fingerprint density at radius 2 is 0.829 bits per heavy atom. The zero-order chi connectivity index (χ0) is 29.7. The Hall–Kier alpha value is -4.46. The Kier molecular flexibility index (Phi) is 8.61. The van der Waals surface area contributed by atoms with Crippen LogP contribution in [0.25, 0.3) is 12.2 Å². The SMILES string of the molecule is C/C=C\c1ccccc1Oc1ccc(C(c2ccc(Oc3ccccc3/C=C\C)cc2)(C(F)(F)F)C(F)(F)F)cc1. The highest BCUT2D eigenvalue weighted by Gasteiger charge is 2.72. The van der Waals surface area contributed by atoms with Crippen molar-refractivity contribution in [2.75, 3.05) is 0 Å². The molecule has 0 fully saturated rings. The van der Waals surface area contributed by atoms with Gasteiger partial charge in [0, 0.05) is 11.1 Å². The van der Waals surface area contributed by atoms with Gasteiger partial charge in [0.2, 0.25) is 5.41 Å². The minimum atomic E-state index is -5.72. The maximum atomic E-state index is 14.6. The van der Waals surface area contributed by atoms with Crippen molar-refractivity contribution in [1.82, 2.24) is 0 Å². The maximum Gasteiger partial charge on any atom is 0.411 e. The van der Waals surface area contributed by atoms with E-state index in [1.54, 1.807) is 86.7 Å².